The maximum absolute atomic E-state index is 12.3. The number of carbonyl (C=O) groups excluding carboxylic acids is 1. The van der Waals surface area contributed by atoms with E-state index in [2.05, 4.69) is 37.0 Å². The summed E-state index contributed by atoms with van der Waals surface area (Å²) in [6, 6.07) is 9.37. The summed E-state index contributed by atoms with van der Waals surface area (Å²) in [6.07, 6.45) is 8.39. The predicted octanol–water partition coefficient (Wildman–Crippen LogP) is 3.50. The summed E-state index contributed by atoms with van der Waals surface area (Å²) in [5.41, 5.74) is 4.91. The van der Waals surface area contributed by atoms with Crippen LogP contribution in [0.3, 0.4) is 0 Å². The third kappa shape index (κ3) is 6.51. The lowest BCUT2D eigenvalue weighted by Crippen LogP contribution is -2.36. The van der Waals surface area contributed by atoms with Crippen LogP contribution >= 0.6 is 0 Å². The first-order chi connectivity index (χ1) is 19.9. The molecule has 1 aliphatic heterocycles. The second-order valence-electron chi connectivity index (χ2n) is 9.65. The van der Waals surface area contributed by atoms with Gasteiger partial charge in [-0.1, -0.05) is 6.58 Å². The van der Waals surface area contributed by atoms with E-state index in [4.69, 9.17) is 19.6 Å². The van der Waals surface area contributed by atoms with Crippen molar-refractivity contribution in [3.05, 3.63) is 73.3 Å². The number of amides is 1. The average molecular weight is 556 g/mol. The molecule has 0 atom stereocenters. The molecule has 1 fully saturated rings. The molecule has 5 rings (SSSR count). The van der Waals surface area contributed by atoms with Gasteiger partial charge in [-0.2, -0.15) is 10.1 Å². The summed E-state index contributed by atoms with van der Waals surface area (Å²) >= 11 is 0. The highest BCUT2D eigenvalue weighted by Crippen LogP contribution is 2.38. The maximum atomic E-state index is 12.3. The topological polar surface area (TPSA) is 123 Å². The molecule has 4 aromatic rings. The van der Waals surface area contributed by atoms with E-state index in [0.717, 1.165) is 22.5 Å². The molecule has 2 N–H and O–H groups in total. The molecular formula is C29H33N9O3. The van der Waals surface area contributed by atoms with Crippen molar-refractivity contribution in [2.24, 2.45) is 0 Å². The van der Waals surface area contributed by atoms with Crippen LogP contribution < -0.4 is 20.3 Å². The minimum absolute atomic E-state index is 0.314. The third-order valence-electron chi connectivity index (χ3n) is 6.47. The fraction of sp³-hybridized carbons (Fsp3) is 0.276. The van der Waals surface area contributed by atoms with E-state index in [-0.39, 0.29) is 5.91 Å². The molecule has 0 unspecified atom stereocenters. The Morgan fingerprint density at radius 1 is 1.15 bits per heavy atom. The van der Waals surface area contributed by atoms with E-state index in [1.807, 2.05) is 44.6 Å². The Bertz CT molecular complexity index is 1520. The first kappa shape index (κ1) is 27.7. The molecule has 1 saturated heterocycles. The number of anilines is 4. The zero-order valence-electron chi connectivity index (χ0n) is 23.4. The Kier molecular flexibility index (Phi) is 8.51. The van der Waals surface area contributed by atoms with Crippen LogP contribution in [0.15, 0.2) is 67.8 Å². The molecular weight excluding hydrogens is 522 g/mol. The fourth-order valence-corrected chi connectivity index (χ4v) is 4.58. The van der Waals surface area contributed by atoms with E-state index in [0.29, 0.717) is 61.7 Å². The van der Waals surface area contributed by atoms with Crippen molar-refractivity contribution in [2.45, 2.75) is 6.54 Å². The van der Waals surface area contributed by atoms with Crippen molar-refractivity contribution in [1.82, 2.24) is 29.6 Å². The molecule has 41 heavy (non-hydrogen) atoms. The number of aromatic nitrogens is 5. The second-order valence-corrected chi connectivity index (χ2v) is 9.65. The zero-order valence-corrected chi connectivity index (χ0v) is 23.4. The average Bonchev–Trinajstić information content (AvgIpc) is 3.41. The number of carbonyl (C=O) groups is 1. The van der Waals surface area contributed by atoms with Crippen LogP contribution in [0.4, 0.5) is 23.0 Å². The lowest BCUT2D eigenvalue weighted by atomic mass is 10.1. The number of hydrogen-bond acceptors (Lipinski definition) is 10. The van der Waals surface area contributed by atoms with E-state index >= 15 is 0 Å². The van der Waals surface area contributed by atoms with Crippen molar-refractivity contribution in [1.29, 1.82) is 0 Å². The van der Waals surface area contributed by atoms with Gasteiger partial charge in [0.1, 0.15) is 5.75 Å². The predicted molar refractivity (Wildman–Crippen MR) is 158 cm³/mol. The number of ether oxygens (including phenoxy) is 2. The minimum atomic E-state index is -0.314. The van der Waals surface area contributed by atoms with Gasteiger partial charge in [0.15, 0.2) is 5.82 Å². The smallest absolute Gasteiger partial charge is 0.247 e. The molecule has 12 heteroatoms. The number of nitrogens with zero attached hydrogens (tertiary/aromatic N) is 7. The molecule has 212 valence electrons. The van der Waals surface area contributed by atoms with Crippen LogP contribution in [0.2, 0.25) is 0 Å². The van der Waals surface area contributed by atoms with Gasteiger partial charge < -0.3 is 29.9 Å². The molecule has 12 nitrogen and oxygen atoms in total. The molecule has 1 amide bonds. The van der Waals surface area contributed by atoms with Gasteiger partial charge in [0.05, 0.1) is 43.1 Å². The largest absolute Gasteiger partial charge is 0.494 e. The summed E-state index contributed by atoms with van der Waals surface area (Å²) in [5, 5.41) is 11.0. The summed E-state index contributed by atoms with van der Waals surface area (Å²) < 4.78 is 13.0. The van der Waals surface area contributed by atoms with E-state index < -0.39 is 0 Å². The lowest BCUT2D eigenvalue weighted by Gasteiger charge is -2.31. The third-order valence-corrected chi connectivity index (χ3v) is 6.47. The zero-order chi connectivity index (χ0) is 28.8. The number of pyridine rings is 1. The van der Waals surface area contributed by atoms with Gasteiger partial charge in [-0.25, -0.2) is 9.67 Å². The van der Waals surface area contributed by atoms with Crippen LogP contribution in [0, 0.1) is 0 Å². The summed E-state index contributed by atoms with van der Waals surface area (Å²) in [6.45, 7) is 6.88. The van der Waals surface area contributed by atoms with E-state index in [9.17, 15) is 4.79 Å². The number of nitrogens with one attached hydrogen (secondary N) is 2. The monoisotopic (exact) mass is 555 g/mol. The Morgan fingerprint density at radius 3 is 2.63 bits per heavy atom. The van der Waals surface area contributed by atoms with E-state index in [1.165, 1.54) is 6.08 Å². The first-order valence-corrected chi connectivity index (χ1v) is 13.2. The van der Waals surface area contributed by atoms with Crippen LogP contribution in [-0.2, 0) is 16.1 Å². The molecule has 4 heterocycles. The molecule has 0 aliphatic carbocycles. The molecule has 1 aliphatic rings. The molecule has 0 saturated carbocycles. The summed E-state index contributed by atoms with van der Waals surface area (Å²) in [7, 11) is 5.63. The van der Waals surface area contributed by atoms with Gasteiger partial charge >= 0.3 is 0 Å². The summed E-state index contributed by atoms with van der Waals surface area (Å²) in [5.74, 6) is 1.19. The number of hydrogen-bond donors (Lipinski definition) is 2. The highest BCUT2D eigenvalue weighted by Gasteiger charge is 2.20. The molecule has 0 bridgehead atoms. The van der Waals surface area contributed by atoms with Crippen molar-refractivity contribution in [3.63, 3.8) is 0 Å². The van der Waals surface area contributed by atoms with Crippen LogP contribution in [0.25, 0.3) is 17.1 Å². The Morgan fingerprint density at radius 2 is 1.93 bits per heavy atom. The molecule has 0 spiro atoms. The molecule has 3 aromatic heterocycles. The highest BCUT2D eigenvalue weighted by atomic mass is 16.5. The van der Waals surface area contributed by atoms with Crippen molar-refractivity contribution in [3.8, 4) is 22.8 Å². The number of methoxy groups -OCH3 is 1. The van der Waals surface area contributed by atoms with Gasteiger partial charge in [-0.3, -0.25) is 9.78 Å². The lowest BCUT2D eigenvalue weighted by molar-refractivity contribution is -0.111. The van der Waals surface area contributed by atoms with Crippen molar-refractivity contribution < 1.29 is 14.3 Å². The fourth-order valence-electron chi connectivity index (χ4n) is 4.58. The normalized spacial score (nSPS) is 13.2. The van der Waals surface area contributed by atoms with Crippen LogP contribution in [-0.4, -0.2) is 83.0 Å². The van der Waals surface area contributed by atoms with Gasteiger partial charge in [0.2, 0.25) is 11.9 Å². The minimum Gasteiger partial charge on any atom is -0.494 e. The highest BCUT2D eigenvalue weighted by molar-refractivity contribution is 6.02. The Labute approximate surface area is 238 Å². The van der Waals surface area contributed by atoms with Crippen LogP contribution in [0.5, 0.6) is 5.75 Å². The van der Waals surface area contributed by atoms with Gasteiger partial charge in [0, 0.05) is 67.7 Å². The summed E-state index contributed by atoms with van der Waals surface area (Å²) in [4.78, 5) is 29.8. The van der Waals surface area contributed by atoms with Crippen LogP contribution in [0.1, 0.15) is 5.56 Å². The van der Waals surface area contributed by atoms with Gasteiger partial charge in [-0.15, -0.1) is 0 Å². The SMILES string of the molecule is C=CC(=O)Nc1cc(Nc2nccc(-n3cc(CN(C)C)c(-c4ccncc4)n3)n2)c(OC)cc1N1CCOCC1. The van der Waals surface area contributed by atoms with Gasteiger partial charge in [0.25, 0.3) is 0 Å². The maximum Gasteiger partial charge on any atom is 0.247 e. The van der Waals surface area contributed by atoms with Crippen molar-refractivity contribution in [2.75, 3.05) is 63.0 Å². The Balaban J connectivity index is 1.49. The van der Waals surface area contributed by atoms with E-state index in [1.54, 1.807) is 36.4 Å². The Hall–Kier alpha value is -4.81. The quantitative estimate of drug-likeness (QED) is 0.281. The molecule has 1 aromatic carbocycles. The number of morpholine rings is 1. The second kappa shape index (κ2) is 12.6. The van der Waals surface area contributed by atoms with Crippen molar-refractivity contribution >= 4 is 28.9 Å². The number of rotatable bonds is 10. The molecule has 0 radical (unpaired) electrons. The first-order valence-electron chi connectivity index (χ1n) is 13.2. The van der Waals surface area contributed by atoms with Gasteiger partial charge in [-0.05, 0) is 38.4 Å². The number of benzene rings is 1. The standard InChI is InChI=1S/C29H33N9O3/c1-5-27(39)32-22-16-23(25(40-4)17-24(22)37-12-14-41-15-13-37)33-29-31-11-8-26(34-29)38-19-21(18-36(2)3)28(35-38)20-6-9-30-10-7-20/h5-11,16-17,19H,1,12-15,18H2,2-4H3,(H,32,39)(H,31,33,34).